The monoisotopic (exact) mass is 489 g/mol. The van der Waals surface area contributed by atoms with Crippen molar-refractivity contribution in [2.75, 3.05) is 20.7 Å². The van der Waals surface area contributed by atoms with E-state index in [0.29, 0.717) is 24.7 Å². The Bertz CT molecular complexity index is 723. The third-order valence-electron chi connectivity index (χ3n) is 3.93. The molecule has 26 heavy (non-hydrogen) atoms. The van der Waals surface area contributed by atoms with Crippen LogP contribution < -0.4 is 15.4 Å². The second-order valence-electron chi connectivity index (χ2n) is 5.66. The van der Waals surface area contributed by atoms with Gasteiger partial charge in [0.15, 0.2) is 5.96 Å². The number of aromatic hydroxyl groups is 1. The summed E-state index contributed by atoms with van der Waals surface area (Å²) in [6.45, 7) is 2.71. The molecule has 1 atom stereocenters. The number of nitrogens with one attached hydrogen (secondary N) is 2. The Morgan fingerprint density at radius 1 is 1.23 bits per heavy atom. The molecule has 1 unspecified atom stereocenters. The molecular weight excluding hydrogens is 465 g/mol. The van der Waals surface area contributed by atoms with E-state index in [1.54, 1.807) is 20.2 Å². The second kappa shape index (κ2) is 11.1. The van der Waals surface area contributed by atoms with Gasteiger partial charge in [-0.3, -0.25) is 4.99 Å². The van der Waals surface area contributed by atoms with Gasteiger partial charge < -0.3 is 20.5 Å². The van der Waals surface area contributed by atoms with Crippen LogP contribution >= 0.6 is 35.6 Å². The summed E-state index contributed by atoms with van der Waals surface area (Å²) in [5.74, 6) is 1.58. The van der Waals surface area contributed by atoms with Crippen molar-refractivity contribution in [1.82, 2.24) is 10.6 Å². The highest BCUT2D eigenvalue weighted by atomic mass is 127. The maximum absolute atomic E-state index is 10.00. The molecule has 0 aromatic heterocycles. The lowest BCUT2D eigenvalue weighted by Crippen LogP contribution is -2.39. The topological polar surface area (TPSA) is 65.9 Å². The predicted octanol–water partition coefficient (Wildman–Crippen LogP) is 4.14. The summed E-state index contributed by atoms with van der Waals surface area (Å²) in [6.07, 6.45) is 0.672. The van der Waals surface area contributed by atoms with Gasteiger partial charge in [0.2, 0.25) is 0 Å². The highest BCUT2D eigenvalue weighted by Gasteiger charge is 2.08. The summed E-state index contributed by atoms with van der Waals surface area (Å²) >= 11 is 5.92. The smallest absolute Gasteiger partial charge is 0.191 e. The van der Waals surface area contributed by atoms with Gasteiger partial charge in [-0.25, -0.2) is 0 Å². The van der Waals surface area contributed by atoms with Gasteiger partial charge >= 0.3 is 0 Å². The minimum Gasteiger partial charge on any atom is -0.508 e. The Morgan fingerprint density at radius 2 is 1.92 bits per heavy atom. The first-order chi connectivity index (χ1) is 12.0. The predicted molar refractivity (Wildman–Crippen MR) is 118 cm³/mol. The molecule has 0 saturated heterocycles. The second-order valence-corrected chi connectivity index (χ2v) is 6.10. The van der Waals surface area contributed by atoms with E-state index in [1.807, 2.05) is 36.4 Å². The van der Waals surface area contributed by atoms with Crippen molar-refractivity contribution in [3.8, 4) is 11.5 Å². The Morgan fingerprint density at radius 3 is 2.50 bits per heavy atom. The summed E-state index contributed by atoms with van der Waals surface area (Å²) in [5.41, 5.74) is 1.98. The van der Waals surface area contributed by atoms with Crippen molar-refractivity contribution in [3.05, 3.63) is 58.6 Å². The van der Waals surface area contributed by atoms with Gasteiger partial charge in [-0.05, 0) is 42.7 Å². The molecule has 2 aromatic rings. The zero-order chi connectivity index (χ0) is 18.2. The number of guanidine groups is 1. The molecule has 2 rings (SSSR count). The number of ether oxygens (including phenoxy) is 1. The van der Waals surface area contributed by atoms with Gasteiger partial charge in [0.25, 0.3) is 0 Å². The number of methoxy groups -OCH3 is 1. The summed E-state index contributed by atoms with van der Waals surface area (Å²) in [4.78, 5) is 4.24. The molecule has 2 aromatic carbocycles. The van der Waals surface area contributed by atoms with Crippen LogP contribution in [0.25, 0.3) is 0 Å². The van der Waals surface area contributed by atoms with Crippen molar-refractivity contribution in [1.29, 1.82) is 0 Å². The van der Waals surface area contributed by atoms with Gasteiger partial charge in [-0.1, -0.05) is 29.8 Å². The number of aliphatic imine (C=N–C) groups is 1. The van der Waals surface area contributed by atoms with Gasteiger partial charge in [-0.2, -0.15) is 0 Å². The fourth-order valence-electron chi connectivity index (χ4n) is 2.43. The molecule has 0 amide bonds. The average molecular weight is 490 g/mol. The Hall–Kier alpha value is -1.67. The minimum atomic E-state index is 0. The first kappa shape index (κ1) is 22.4. The number of halogens is 2. The van der Waals surface area contributed by atoms with Crippen molar-refractivity contribution in [3.63, 3.8) is 0 Å². The van der Waals surface area contributed by atoms with Crippen LogP contribution in [0.4, 0.5) is 0 Å². The van der Waals surface area contributed by atoms with Crippen LogP contribution in [0.3, 0.4) is 0 Å². The lowest BCUT2D eigenvalue weighted by molar-refractivity contribution is 0.406. The molecule has 7 heteroatoms. The van der Waals surface area contributed by atoms with Crippen LogP contribution in [0.1, 0.15) is 24.1 Å². The van der Waals surface area contributed by atoms with Crippen molar-refractivity contribution >= 4 is 41.5 Å². The highest BCUT2D eigenvalue weighted by Crippen LogP contribution is 2.23. The van der Waals surface area contributed by atoms with E-state index < -0.39 is 0 Å². The summed E-state index contributed by atoms with van der Waals surface area (Å²) in [5, 5.41) is 17.3. The van der Waals surface area contributed by atoms with Crippen molar-refractivity contribution in [2.45, 2.75) is 19.4 Å². The fraction of sp³-hybridized carbons (Fsp3) is 0.316. The molecule has 0 spiro atoms. The van der Waals surface area contributed by atoms with Crippen molar-refractivity contribution < 1.29 is 9.84 Å². The average Bonchev–Trinajstić information content (AvgIpc) is 2.62. The number of nitrogens with zero attached hydrogens (tertiary/aromatic N) is 1. The molecule has 0 saturated carbocycles. The number of hydrogen-bond donors (Lipinski definition) is 3. The molecule has 0 heterocycles. The Balaban J connectivity index is 0.00000338. The van der Waals surface area contributed by atoms with Crippen LogP contribution in [0.5, 0.6) is 11.5 Å². The quantitative estimate of drug-likeness (QED) is 0.324. The summed E-state index contributed by atoms with van der Waals surface area (Å²) in [7, 11) is 3.31. The Labute approximate surface area is 176 Å². The van der Waals surface area contributed by atoms with Gasteiger partial charge in [-0.15, -0.1) is 24.0 Å². The first-order valence-corrected chi connectivity index (χ1v) is 8.49. The molecule has 0 fully saturated rings. The number of hydrogen-bond acceptors (Lipinski definition) is 3. The lowest BCUT2D eigenvalue weighted by atomic mass is 10.1. The largest absolute Gasteiger partial charge is 0.508 e. The molecule has 0 aliphatic heterocycles. The fourth-order valence-corrected chi connectivity index (χ4v) is 2.56. The van der Waals surface area contributed by atoms with E-state index in [0.717, 1.165) is 16.1 Å². The molecule has 5 nitrogen and oxygen atoms in total. The van der Waals surface area contributed by atoms with Crippen LogP contribution in [-0.4, -0.2) is 31.8 Å². The van der Waals surface area contributed by atoms with E-state index in [9.17, 15) is 5.11 Å². The van der Waals surface area contributed by atoms with E-state index in [1.165, 1.54) is 0 Å². The molecule has 142 valence electrons. The van der Waals surface area contributed by atoms with Crippen LogP contribution in [0, 0.1) is 0 Å². The van der Waals surface area contributed by atoms with E-state index in [2.05, 4.69) is 22.5 Å². The number of benzene rings is 2. The summed E-state index contributed by atoms with van der Waals surface area (Å²) < 4.78 is 5.09. The third kappa shape index (κ3) is 6.57. The normalized spacial score (nSPS) is 12.1. The van der Waals surface area contributed by atoms with Gasteiger partial charge in [0, 0.05) is 24.7 Å². The number of phenols is 1. The molecule has 0 radical (unpaired) electrons. The SMILES string of the molecule is CN=C(NCCc1ccc(OC)cc1O)NC(C)c1ccc(Cl)cc1.I. The number of phenolic OH excluding ortho intramolecular Hbond substituents is 1. The highest BCUT2D eigenvalue weighted by molar-refractivity contribution is 14.0. The molecule has 0 bridgehead atoms. The third-order valence-corrected chi connectivity index (χ3v) is 4.18. The van der Waals surface area contributed by atoms with Crippen LogP contribution in [0.2, 0.25) is 5.02 Å². The lowest BCUT2D eigenvalue weighted by Gasteiger charge is -2.18. The van der Waals surface area contributed by atoms with E-state index in [4.69, 9.17) is 16.3 Å². The van der Waals surface area contributed by atoms with Crippen molar-refractivity contribution in [2.24, 2.45) is 4.99 Å². The first-order valence-electron chi connectivity index (χ1n) is 8.12. The minimum absolute atomic E-state index is 0. The summed E-state index contributed by atoms with van der Waals surface area (Å²) in [6, 6.07) is 13.1. The zero-order valence-electron chi connectivity index (χ0n) is 15.1. The van der Waals surface area contributed by atoms with Gasteiger partial charge in [0.05, 0.1) is 13.2 Å². The van der Waals surface area contributed by atoms with Crippen LogP contribution in [-0.2, 0) is 6.42 Å². The zero-order valence-corrected chi connectivity index (χ0v) is 18.2. The molecule has 0 aliphatic carbocycles. The maximum atomic E-state index is 10.00. The number of rotatable bonds is 6. The van der Waals surface area contributed by atoms with Crippen LogP contribution in [0.15, 0.2) is 47.5 Å². The molecule has 3 N–H and O–H groups in total. The van der Waals surface area contributed by atoms with E-state index >= 15 is 0 Å². The van der Waals surface area contributed by atoms with Gasteiger partial charge in [0.1, 0.15) is 11.5 Å². The van der Waals surface area contributed by atoms with E-state index in [-0.39, 0.29) is 35.8 Å². The Kier molecular flexibility index (Phi) is 9.58. The molecule has 0 aliphatic rings. The maximum Gasteiger partial charge on any atom is 0.191 e. The standard InChI is InChI=1S/C19H24ClN3O2.HI/c1-13(14-4-7-16(20)8-5-14)23-19(21-2)22-11-10-15-6-9-17(25-3)12-18(15)24;/h4-9,12-13,24H,10-11H2,1-3H3,(H2,21,22,23);1H. The molecular formula is C19H25ClIN3O2.